The van der Waals surface area contributed by atoms with Gasteiger partial charge in [0.05, 0.1) is 10.6 Å². The van der Waals surface area contributed by atoms with Gasteiger partial charge in [-0.1, -0.05) is 32.4 Å². The number of hydrogen-bond acceptors (Lipinski definition) is 3. The maximum absolute atomic E-state index is 13.0. The van der Waals surface area contributed by atoms with Crippen LogP contribution in [0.25, 0.3) is 0 Å². The summed E-state index contributed by atoms with van der Waals surface area (Å²) in [6.07, 6.45) is -0.0565. The molecule has 1 aromatic rings. The molecule has 1 N–H and O–H groups in total. The fraction of sp³-hybridized carbons (Fsp3) is 0.524. The molecule has 4 nitrogen and oxygen atoms in total. The number of nitrogens with zero attached hydrogens (tertiary/aromatic N) is 2. The van der Waals surface area contributed by atoms with E-state index in [1.165, 1.54) is 6.07 Å². The van der Waals surface area contributed by atoms with Crippen molar-refractivity contribution in [3.63, 3.8) is 0 Å². The van der Waals surface area contributed by atoms with Gasteiger partial charge in [-0.25, -0.2) is 0 Å². The van der Waals surface area contributed by atoms with E-state index in [9.17, 15) is 23.2 Å². The number of halogens is 4. The molecule has 2 unspecified atom stereocenters. The summed E-state index contributed by atoms with van der Waals surface area (Å²) in [4.78, 5) is 14.6. The van der Waals surface area contributed by atoms with Gasteiger partial charge in [-0.2, -0.15) is 18.4 Å². The smallest absolute Gasteiger partial charge is 0.373 e. The van der Waals surface area contributed by atoms with Crippen molar-refractivity contribution < 1.29 is 18.0 Å². The molecule has 1 aliphatic heterocycles. The first-order valence-corrected chi connectivity index (χ1v) is 9.76. The summed E-state index contributed by atoms with van der Waals surface area (Å²) >= 11 is 5.61. The molecule has 1 saturated heterocycles. The van der Waals surface area contributed by atoms with E-state index in [0.29, 0.717) is 0 Å². The first kappa shape index (κ1) is 21.5. The van der Waals surface area contributed by atoms with Gasteiger partial charge in [0.15, 0.2) is 0 Å². The fourth-order valence-corrected chi connectivity index (χ4v) is 5.20. The third-order valence-corrected chi connectivity index (χ3v) is 5.97. The summed E-state index contributed by atoms with van der Waals surface area (Å²) < 4.78 is 39.1. The molecule has 3 rings (SSSR count). The van der Waals surface area contributed by atoms with Gasteiger partial charge in [-0.15, -0.1) is 0 Å². The van der Waals surface area contributed by atoms with Crippen LogP contribution in [0.2, 0.25) is 5.02 Å². The average molecular weight is 426 g/mol. The Balaban J connectivity index is 1.79. The fourth-order valence-electron chi connectivity index (χ4n) is 4.98. The highest BCUT2D eigenvalue weighted by molar-refractivity contribution is 6.31. The molecule has 2 aliphatic rings. The predicted octanol–water partition coefficient (Wildman–Crippen LogP) is 5.61. The lowest BCUT2D eigenvalue weighted by Crippen LogP contribution is -2.33. The maximum atomic E-state index is 13.0. The molecule has 1 aromatic carbocycles. The number of rotatable bonds is 3. The number of carbonyl (C=O) groups excluding carboxylic acids is 1. The van der Waals surface area contributed by atoms with Gasteiger partial charge in [-0.3, -0.25) is 4.79 Å². The normalized spacial score (nSPS) is 26.2. The number of likely N-dealkylation sites (tertiary alicyclic amines) is 1. The third kappa shape index (κ3) is 4.69. The number of hydrogen-bond donors (Lipinski definition) is 1. The molecule has 0 radical (unpaired) electrons. The van der Waals surface area contributed by atoms with Crippen molar-refractivity contribution >= 4 is 23.2 Å². The van der Waals surface area contributed by atoms with Crippen LogP contribution in [-0.4, -0.2) is 23.4 Å². The minimum atomic E-state index is -4.64. The number of nitrogens with one attached hydrogen (secondary N) is 1. The first-order chi connectivity index (χ1) is 13.3. The van der Waals surface area contributed by atoms with Crippen molar-refractivity contribution in [2.24, 2.45) is 10.8 Å². The Morgan fingerprint density at radius 2 is 2.03 bits per heavy atom. The number of alkyl halides is 3. The lowest BCUT2D eigenvalue weighted by atomic mass is 9.65. The van der Waals surface area contributed by atoms with E-state index in [-0.39, 0.29) is 28.1 Å². The number of nitriles is 1. The lowest BCUT2D eigenvalue weighted by Gasteiger charge is -2.39. The Morgan fingerprint density at radius 1 is 1.34 bits per heavy atom. The molecule has 2 atom stereocenters. The molecule has 156 valence electrons. The van der Waals surface area contributed by atoms with Crippen LogP contribution in [0.5, 0.6) is 0 Å². The average Bonchev–Trinajstić information content (AvgIpc) is 2.81. The number of fused-ring (bicyclic) bond motifs is 2. The first-order valence-electron chi connectivity index (χ1n) is 9.38. The number of benzene rings is 1. The van der Waals surface area contributed by atoms with Crippen molar-refractivity contribution in [1.29, 1.82) is 5.26 Å². The second-order valence-corrected chi connectivity index (χ2v) is 9.59. The molecule has 8 heteroatoms. The van der Waals surface area contributed by atoms with Gasteiger partial charge in [0.1, 0.15) is 11.6 Å². The van der Waals surface area contributed by atoms with E-state index in [1.807, 2.05) is 11.0 Å². The zero-order valence-electron chi connectivity index (χ0n) is 16.5. The summed E-state index contributed by atoms with van der Waals surface area (Å²) in [7, 11) is 0. The van der Waals surface area contributed by atoms with Crippen molar-refractivity contribution in [2.75, 3.05) is 11.9 Å². The van der Waals surface area contributed by atoms with Crippen LogP contribution in [0.3, 0.4) is 0 Å². The van der Waals surface area contributed by atoms with E-state index in [0.717, 1.165) is 37.9 Å². The van der Waals surface area contributed by atoms with Gasteiger partial charge in [0.2, 0.25) is 0 Å². The summed E-state index contributed by atoms with van der Waals surface area (Å²) in [6, 6.07) is 5.23. The predicted molar refractivity (Wildman–Crippen MR) is 105 cm³/mol. The highest BCUT2D eigenvalue weighted by Crippen LogP contribution is 2.52. The van der Waals surface area contributed by atoms with Gasteiger partial charge < -0.3 is 10.2 Å². The zero-order chi connectivity index (χ0) is 21.6. The number of anilines is 1. The van der Waals surface area contributed by atoms with Crippen molar-refractivity contribution in [3.8, 4) is 6.07 Å². The summed E-state index contributed by atoms with van der Waals surface area (Å²) in [5.74, 6) is -0.742. The van der Waals surface area contributed by atoms with Crippen LogP contribution < -0.4 is 5.32 Å². The topological polar surface area (TPSA) is 56.1 Å². The van der Waals surface area contributed by atoms with Gasteiger partial charge >= 0.3 is 6.18 Å². The van der Waals surface area contributed by atoms with Crippen molar-refractivity contribution in [1.82, 2.24) is 4.90 Å². The van der Waals surface area contributed by atoms with E-state index >= 15 is 0 Å². The standard InChI is InChI=1S/C21H23ClF3N3O/c1-19(2)7-15-8-20(3,11-19)12-28(15)10-13(9-26)18(29)27-14-4-5-17(22)16(6-14)21(23,24)25/h4-6,10,15H,7-8,11-12H2,1-3H3,(H,27,29)/b13-10-. The van der Waals surface area contributed by atoms with Crippen molar-refractivity contribution in [2.45, 2.75) is 52.3 Å². The highest BCUT2D eigenvalue weighted by Gasteiger charge is 2.49. The summed E-state index contributed by atoms with van der Waals surface area (Å²) in [5, 5.41) is 11.4. The minimum absolute atomic E-state index is 0.0684. The molecule has 1 saturated carbocycles. The molecule has 2 bridgehead atoms. The van der Waals surface area contributed by atoms with E-state index in [2.05, 4.69) is 26.1 Å². The van der Waals surface area contributed by atoms with E-state index in [1.54, 1.807) is 6.20 Å². The Morgan fingerprint density at radius 3 is 2.66 bits per heavy atom. The quantitative estimate of drug-likeness (QED) is 0.506. The molecule has 1 heterocycles. The molecule has 0 aromatic heterocycles. The van der Waals surface area contributed by atoms with E-state index < -0.39 is 22.7 Å². The van der Waals surface area contributed by atoms with Crippen LogP contribution in [-0.2, 0) is 11.0 Å². The zero-order valence-corrected chi connectivity index (χ0v) is 17.3. The highest BCUT2D eigenvalue weighted by atomic mass is 35.5. The van der Waals surface area contributed by atoms with Crippen LogP contribution in [0.1, 0.15) is 45.6 Å². The molecule has 2 fully saturated rings. The number of amides is 1. The number of carbonyl (C=O) groups is 1. The van der Waals surface area contributed by atoms with Gasteiger partial charge in [0, 0.05) is 24.5 Å². The SMILES string of the molecule is CC1(C)CC2CC(C)(CN2/C=C(/C#N)C(=O)Nc2ccc(Cl)c(C(F)(F)F)c2)C1. The molecule has 0 spiro atoms. The Kier molecular flexibility index (Phi) is 5.37. The Labute approximate surface area is 173 Å². The molecular formula is C21H23ClF3N3O. The molecule has 1 amide bonds. The molecular weight excluding hydrogens is 403 g/mol. The third-order valence-electron chi connectivity index (χ3n) is 5.64. The molecule has 1 aliphatic carbocycles. The van der Waals surface area contributed by atoms with Gasteiger partial charge in [0.25, 0.3) is 5.91 Å². The summed E-state index contributed by atoms with van der Waals surface area (Å²) in [5.41, 5.74) is -0.934. The monoisotopic (exact) mass is 425 g/mol. The summed E-state index contributed by atoms with van der Waals surface area (Å²) in [6.45, 7) is 7.41. The Hall–Kier alpha value is -2.20. The van der Waals surface area contributed by atoms with Crippen molar-refractivity contribution in [3.05, 3.63) is 40.6 Å². The largest absolute Gasteiger partial charge is 0.417 e. The van der Waals surface area contributed by atoms with Crippen LogP contribution in [0, 0.1) is 22.2 Å². The maximum Gasteiger partial charge on any atom is 0.417 e. The Bertz CT molecular complexity index is 903. The van der Waals surface area contributed by atoms with E-state index in [4.69, 9.17) is 11.6 Å². The van der Waals surface area contributed by atoms with Crippen LogP contribution in [0.15, 0.2) is 30.0 Å². The second-order valence-electron chi connectivity index (χ2n) is 9.19. The lowest BCUT2D eigenvalue weighted by molar-refractivity contribution is -0.137. The second kappa shape index (κ2) is 7.24. The van der Waals surface area contributed by atoms with Crippen LogP contribution >= 0.6 is 11.6 Å². The minimum Gasteiger partial charge on any atom is -0.373 e. The van der Waals surface area contributed by atoms with Crippen LogP contribution in [0.4, 0.5) is 18.9 Å². The van der Waals surface area contributed by atoms with Gasteiger partial charge in [-0.05, 0) is 48.3 Å². The molecule has 29 heavy (non-hydrogen) atoms.